The summed E-state index contributed by atoms with van der Waals surface area (Å²) in [6, 6.07) is 3.63. The van der Waals surface area contributed by atoms with E-state index in [1.54, 1.807) is 26.4 Å². The molecule has 5 nitrogen and oxygen atoms in total. The zero-order valence-corrected chi connectivity index (χ0v) is 10.9. The molecule has 1 aliphatic carbocycles. The van der Waals surface area contributed by atoms with Crippen LogP contribution < -0.4 is 11.1 Å². The third kappa shape index (κ3) is 2.46. The molecule has 1 saturated carbocycles. The molecule has 0 saturated heterocycles. The van der Waals surface area contributed by atoms with Gasteiger partial charge in [0.1, 0.15) is 5.82 Å². The lowest BCUT2D eigenvalue weighted by molar-refractivity contribution is 0.0827. The van der Waals surface area contributed by atoms with Gasteiger partial charge in [-0.25, -0.2) is 4.98 Å². The van der Waals surface area contributed by atoms with Crippen LogP contribution >= 0.6 is 0 Å². The summed E-state index contributed by atoms with van der Waals surface area (Å²) in [5.74, 6) is 0.752. The van der Waals surface area contributed by atoms with Crippen LogP contribution in [0.5, 0.6) is 0 Å². The molecule has 2 rings (SSSR count). The Labute approximate surface area is 107 Å². The summed E-state index contributed by atoms with van der Waals surface area (Å²) < 4.78 is 0. The first-order chi connectivity index (χ1) is 8.56. The Morgan fingerprint density at radius 3 is 2.61 bits per heavy atom. The van der Waals surface area contributed by atoms with Gasteiger partial charge in [-0.15, -0.1) is 0 Å². The van der Waals surface area contributed by atoms with E-state index in [0.29, 0.717) is 12.1 Å². The zero-order valence-electron chi connectivity index (χ0n) is 10.9. The topological polar surface area (TPSA) is 71.2 Å². The largest absolute Gasteiger partial charge is 0.363 e. The van der Waals surface area contributed by atoms with Crippen LogP contribution in [0.4, 0.5) is 5.82 Å². The fraction of sp³-hybridized carbons (Fsp3) is 0.538. The Bertz CT molecular complexity index is 418. The number of carbonyl (C=O) groups is 1. The average molecular weight is 248 g/mol. The summed E-state index contributed by atoms with van der Waals surface area (Å²) in [7, 11) is 3.46. The van der Waals surface area contributed by atoms with Crippen molar-refractivity contribution in [2.45, 2.75) is 24.8 Å². The molecule has 1 aromatic rings. The molecule has 1 fully saturated rings. The van der Waals surface area contributed by atoms with E-state index in [4.69, 9.17) is 5.73 Å². The van der Waals surface area contributed by atoms with Gasteiger partial charge in [-0.1, -0.05) is 0 Å². The molecule has 0 unspecified atom stereocenters. The van der Waals surface area contributed by atoms with Crippen molar-refractivity contribution in [2.24, 2.45) is 5.73 Å². The summed E-state index contributed by atoms with van der Waals surface area (Å²) in [5, 5.41) is 3.38. The van der Waals surface area contributed by atoms with Crippen LogP contribution in [-0.4, -0.2) is 42.0 Å². The smallest absolute Gasteiger partial charge is 0.254 e. The van der Waals surface area contributed by atoms with Crippen LogP contribution in [-0.2, 0) is 0 Å². The lowest BCUT2D eigenvalue weighted by Crippen LogP contribution is -2.51. The van der Waals surface area contributed by atoms with Crippen molar-refractivity contribution in [3.63, 3.8) is 0 Å². The molecule has 5 heteroatoms. The van der Waals surface area contributed by atoms with E-state index >= 15 is 0 Å². The zero-order chi connectivity index (χ0) is 13.2. The Hall–Kier alpha value is -1.62. The van der Waals surface area contributed by atoms with Gasteiger partial charge < -0.3 is 16.0 Å². The number of aromatic nitrogens is 1. The van der Waals surface area contributed by atoms with Crippen molar-refractivity contribution in [3.05, 3.63) is 23.9 Å². The quantitative estimate of drug-likeness (QED) is 0.836. The third-order valence-electron chi connectivity index (χ3n) is 3.51. The summed E-state index contributed by atoms with van der Waals surface area (Å²) in [4.78, 5) is 17.5. The van der Waals surface area contributed by atoms with Crippen LogP contribution in [0.1, 0.15) is 29.6 Å². The Balaban J connectivity index is 2.06. The van der Waals surface area contributed by atoms with Gasteiger partial charge in [0.25, 0.3) is 5.91 Å². The number of nitrogens with zero attached hydrogens (tertiary/aromatic N) is 2. The van der Waals surface area contributed by atoms with Gasteiger partial charge in [0.2, 0.25) is 0 Å². The van der Waals surface area contributed by atoms with Gasteiger partial charge >= 0.3 is 0 Å². The molecule has 0 spiro atoms. The summed E-state index contributed by atoms with van der Waals surface area (Å²) in [6.07, 6.45) is 4.99. The summed E-state index contributed by atoms with van der Waals surface area (Å²) in [6.45, 7) is 0.618. The molecule has 0 bridgehead atoms. The number of pyridine rings is 1. The number of carbonyl (C=O) groups excluding carboxylic acids is 1. The highest BCUT2D eigenvalue weighted by molar-refractivity contribution is 5.93. The molecular formula is C13H20N4O. The number of hydrogen-bond donors (Lipinski definition) is 2. The van der Waals surface area contributed by atoms with Crippen molar-refractivity contribution < 1.29 is 4.79 Å². The minimum Gasteiger partial charge on any atom is -0.363 e. The molecule has 98 valence electrons. The summed E-state index contributed by atoms with van der Waals surface area (Å²) in [5.41, 5.74) is 6.40. The van der Waals surface area contributed by atoms with Crippen LogP contribution in [0.2, 0.25) is 0 Å². The summed E-state index contributed by atoms with van der Waals surface area (Å²) >= 11 is 0. The molecular weight excluding hydrogens is 228 g/mol. The minimum atomic E-state index is -0.0359. The second-order valence-corrected chi connectivity index (χ2v) is 5.09. The van der Waals surface area contributed by atoms with E-state index in [0.717, 1.165) is 18.7 Å². The van der Waals surface area contributed by atoms with E-state index in [1.165, 1.54) is 11.3 Å². The van der Waals surface area contributed by atoms with E-state index in [2.05, 4.69) is 10.3 Å². The predicted octanol–water partition coefficient (Wildman–Crippen LogP) is 1.08. The highest BCUT2D eigenvalue weighted by Gasteiger charge is 2.35. The highest BCUT2D eigenvalue weighted by atomic mass is 16.2. The highest BCUT2D eigenvalue weighted by Crippen LogP contribution is 2.33. The van der Waals surface area contributed by atoms with E-state index in [1.807, 2.05) is 6.07 Å². The lowest BCUT2D eigenvalue weighted by atomic mass is 9.77. The molecule has 1 aliphatic rings. The van der Waals surface area contributed by atoms with Gasteiger partial charge in [-0.05, 0) is 31.4 Å². The van der Waals surface area contributed by atoms with Crippen molar-refractivity contribution in [3.8, 4) is 0 Å². The maximum absolute atomic E-state index is 11.7. The van der Waals surface area contributed by atoms with Gasteiger partial charge in [-0.3, -0.25) is 4.79 Å². The molecule has 18 heavy (non-hydrogen) atoms. The van der Waals surface area contributed by atoms with Gasteiger partial charge in [0, 0.05) is 26.8 Å². The van der Waals surface area contributed by atoms with Crippen molar-refractivity contribution >= 4 is 11.7 Å². The molecule has 1 heterocycles. The first-order valence-electron chi connectivity index (χ1n) is 6.22. The van der Waals surface area contributed by atoms with Crippen LogP contribution in [0.25, 0.3) is 0 Å². The number of nitrogens with one attached hydrogen (secondary N) is 1. The fourth-order valence-electron chi connectivity index (χ4n) is 2.11. The fourth-order valence-corrected chi connectivity index (χ4v) is 2.11. The molecule has 1 amide bonds. The van der Waals surface area contributed by atoms with Gasteiger partial charge in [-0.2, -0.15) is 0 Å². The van der Waals surface area contributed by atoms with Crippen LogP contribution in [0.3, 0.4) is 0 Å². The lowest BCUT2D eigenvalue weighted by Gasteiger charge is -2.42. The predicted molar refractivity (Wildman–Crippen MR) is 71.5 cm³/mol. The molecule has 0 atom stereocenters. The Morgan fingerprint density at radius 2 is 2.22 bits per heavy atom. The van der Waals surface area contributed by atoms with Gasteiger partial charge in [0.05, 0.1) is 11.1 Å². The molecule has 0 radical (unpaired) electrons. The first kappa shape index (κ1) is 12.8. The molecule has 0 aromatic carbocycles. The standard InChI is InChI=1S/C13H20N4O/c1-17(2)12(18)10-4-5-11(15-8-10)16-13(9-14)6-3-7-13/h4-5,8H,3,6-7,9,14H2,1-2H3,(H,15,16). The number of anilines is 1. The van der Waals surface area contributed by atoms with Crippen LogP contribution in [0.15, 0.2) is 18.3 Å². The SMILES string of the molecule is CN(C)C(=O)c1ccc(NC2(CN)CCC2)nc1. The van der Waals surface area contributed by atoms with Gasteiger partial charge in [0.15, 0.2) is 0 Å². The second-order valence-electron chi connectivity index (χ2n) is 5.09. The Kier molecular flexibility index (Phi) is 3.52. The maximum atomic E-state index is 11.7. The normalized spacial score (nSPS) is 16.8. The van der Waals surface area contributed by atoms with Crippen molar-refractivity contribution in [1.29, 1.82) is 0 Å². The maximum Gasteiger partial charge on any atom is 0.254 e. The van der Waals surface area contributed by atoms with E-state index in [9.17, 15) is 4.79 Å². The first-order valence-corrected chi connectivity index (χ1v) is 6.22. The third-order valence-corrected chi connectivity index (χ3v) is 3.51. The monoisotopic (exact) mass is 248 g/mol. The Morgan fingerprint density at radius 1 is 1.50 bits per heavy atom. The van der Waals surface area contributed by atoms with Crippen molar-refractivity contribution in [2.75, 3.05) is 26.0 Å². The molecule has 3 N–H and O–H groups in total. The molecule has 0 aliphatic heterocycles. The molecule has 1 aromatic heterocycles. The number of rotatable bonds is 4. The number of nitrogens with two attached hydrogens (primary N) is 1. The minimum absolute atomic E-state index is 0.0140. The number of hydrogen-bond acceptors (Lipinski definition) is 4. The average Bonchev–Trinajstić information content (AvgIpc) is 2.33. The van der Waals surface area contributed by atoms with Crippen LogP contribution in [0, 0.1) is 0 Å². The van der Waals surface area contributed by atoms with E-state index in [-0.39, 0.29) is 11.4 Å². The van der Waals surface area contributed by atoms with Crippen molar-refractivity contribution in [1.82, 2.24) is 9.88 Å². The second kappa shape index (κ2) is 4.94. The number of amides is 1. The van der Waals surface area contributed by atoms with E-state index < -0.39 is 0 Å².